The van der Waals surface area contributed by atoms with Crippen molar-refractivity contribution in [2.24, 2.45) is 0 Å². The second-order valence-corrected chi connectivity index (χ2v) is 7.03. The first-order valence-corrected chi connectivity index (χ1v) is 8.93. The van der Waals surface area contributed by atoms with Gasteiger partial charge in [0, 0.05) is 24.4 Å². The average Bonchev–Trinajstić information content (AvgIpc) is 3.25. The highest BCUT2D eigenvalue weighted by atomic mass is 32.1. The summed E-state index contributed by atoms with van der Waals surface area (Å²) in [6.45, 7) is 4.40. The number of hydrogen-bond donors (Lipinski definition) is 2. The maximum atomic E-state index is 12.8. The molecule has 23 heavy (non-hydrogen) atoms. The van der Waals surface area contributed by atoms with Gasteiger partial charge in [0.15, 0.2) is 0 Å². The monoisotopic (exact) mass is 329 g/mol. The van der Waals surface area contributed by atoms with Gasteiger partial charge in [-0.1, -0.05) is 35.9 Å². The van der Waals surface area contributed by atoms with Crippen LogP contribution < -0.4 is 10.9 Å². The Kier molecular flexibility index (Phi) is 5.43. The summed E-state index contributed by atoms with van der Waals surface area (Å²) in [7, 11) is 0. The molecule has 1 aromatic heterocycles. The first-order chi connectivity index (χ1) is 11.2. The molecule has 2 heterocycles. The first kappa shape index (κ1) is 16.2. The van der Waals surface area contributed by atoms with E-state index in [0.29, 0.717) is 13.0 Å². The van der Waals surface area contributed by atoms with E-state index >= 15 is 0 Å². The van der Waals surface area contributed by atoms with Gasteiger partial charge in [0.05, 0.1) is 12.6 Å². The molecule has 4 nitrogen and oxygen atoms in total. The molecule has 122 valence electrons. The van der Waals surface area contributed by atoms with Crippen LogP contribution in [-0.2, 0) is 17.8 Å². The number of carbonyl (C=O) groups excluding carboxylic acids is 1. The van der Waals surface area contributed by atoms with Crippen LogP contribution in [0.1, 0.15) is 22.4 Å². The number of hydrogen-bond acceptors (Lipinski definition) is 4. The highest BCUT2D eigenvalue weighted by Crippen LogP contribution is 2.17. The van der Waals surface area contributed by atoms with Crippen molar-refractivity contribution in [1.29, 1.82) is 0 Å². The number of aryl methyl sites for hydroxylation is 2. The van der Waals surface area contributed by atoms with Gasteiger partial charge < -0.3 is 4.90 Å². The average molecular weight is 329 g/mol. The lowest BCUT2D eigenvalue weighted by atomic mass is 10.1. The fraction of sp³-hybridized carbons (Fsp3) is 0.389. The van der Waals surface area contributed by atoms with E-state index in [1.807, 2.05) is 11.0 Å². The van der Waals surface area contributed by atoms with Crippen molar-refractivity contribution in [3.63, 3.8) is 0 Å². The molecular weight excluding hydrogens is 306 g/mol. The van der Waals surface area contributed by atoms with Gasteiger partial charge in [0.1, 0.15) is 0 Å². The summed E-state index contributed by atoms with van der Waals surface area (Å²) in [6, 6.07) is 12.8. The number of carbonyl (C=O) groups is 1. The second-order valence-electron chi connectivity index (χ2n) is 6.00. The van der Waals surface area contributed by atoms with Crippen LogP contribution in [-0.4, -0.2) is 29.9 Å². The van der Waals surface area contributed by atoms with E-state index in [2.05, 4.69) is 53.5 Å². The molecule has 3 rings (SSSR count). The van der Waals surface area contributed by atoms with Gasteiger partial charge in [0.2, 0.25) is 5.91 Å². The molecule has 0 unspecified atom stereocenters. The molecular formula is C18H23N3OS. The summed E-state index contributed by atoms with van der Waals surface area (Å²) in [5, 5.41) is 2.06. The van der Waals surface area contributed by atoms with E-state index in [9.17, 15) is 4.79 Å². The molecule has 1 fully saturated rings. The Balaban J connectivity index is 1.63. The van der Waals surface area contributed by atoms with Crippen LogP contribution in [0.3, 0.4) is 0 Å². The summed E-state index contributed by atoms with van der Waals surface area (Å²) in [6.07, 6.45) is 1.36. The summed E-state index contributed by atoms with van der Waals surface area (Å²) in [5.41, 5.74) is 8.73. The van der Waals surface area contributed by atoms with Crippen LogP contribution in [0.15, 0.2) is 41.8 Å². The molecule has 5 heteroatoms. The standard InChI is InChI=1S/C18H23N3OS/c1-14-4-6-15(7-5-14)8-9-18(22)21(16-11-19-20-12-16)13-17-3-2-10-23-17/h2-7,10,16,19-20H,8-9,11-13H2,1H3. The first-order valence-electron chi connectivity index (χ1n) is 8.05. The van der Waals surface area contributed by atoms with Gasteiger partial charge in [-0.3, -0.25) is 15.6 Å². The fourth-order valence-electron chi connectivity index (χ4n) is 2.81. The summed E-state index contributed by atoms with van der Waals surface area (Å²) < 4.78 is 0. The van der Waals surface area contributed by atoms with E-state index in [-0.39, 0.29) is 11.9 Å². The quantitative estimate of drug-likeness (QED) is 0.856. The van der Waals surface area contributed by atoms with Crippen molar-refractivity contribution in [1.82, 2.24) is 15.8 Å². The highest BCUT2D eigenvalue weighted by Gasteiger charge is 2.26. The number of nitrogens with one attached hydrogen (secondary N) is 2. The van der Waals surface area contributed by atoms with Gasteiger partial charge in [-0.2, -0.15) is 0 Å². The summed E-state index contributed by atoms with van der Waals surface area (Å²) >= 11 is 1.71. The summed E-state index contributed by atoms with van der Waals surface area (Å²) in [4.78, 5) is 16.0. The minimum Gasteiger partial charge on any atom is -0.332 e. The van der Waals surface area contributed by atoms with Crippen LogP contribution in [0.5, 0.6) is 0 Å². The Bertz CT molecular complexity index is 618. The molecule has 0 atom stereocenters. The minimum absolute atomic E-state index is 0.225. The predicted octanol–water partition coefficient (Wildman–Crippen LogP) is 2.49. The van der Waals surface area contributed by atoms with Crippen molar-refractivity contribution in [3.05, 3.63) is 57.8 Å². The lowest BCUT2D eigenvalue weighted by molar-refractivity contribution is -0.133. The molecule has 2 N–H and O–H groups in total. The molecule has 1 saturated heterocycles. The Morgan fingerprint density at radius 1 is 1.22 bits per heavy atom. The number of nitrogens with zero attached hydrogens (tertiary/aromatic N) is 1. The van der Waals surface area contributed by atoms with Crippen LogP contribution in [0.25, 0.3) is 0 Å². The molecule has 1 aliphatic rings. The van der Waals surface area contributed by atoms with E-state index in [0.717, 1.165) is 19.5 Å². The highest BCUT2D eigenvalue weighted by molar-refractivity contribution is 7.09. The molecule has 1 amide bonds. The van der Waals surface area contributed by atoms with Crippen LogP contribution in [0, 0.1) is 6.92 Å². The maximum absolute atomic E-state index is 12.8. The van der Waals surface area contributed by atoms with E-state index in [1.54, 1.807) is 11.3 Å². The Morgan fingerprint density at radius 2 is 1.96 bits per heavy atom. The maximum Gasteiger partial charge on any atom is 0.223 e. The molecule has 0 aliphatic carbocycles. The van der Waals surface area contributed by atoms with Crippen molar-refractivity contribution >= 4 is 17.2 Å². The SMILES string of the molecule is Cc1ccc(CCC(=O)N(Cc2cccs2)C2CNNC2)cc1. The van der Waals surface area contributed by atoms with Crippen molar-refractivity contribution in [2.75, 3.05) is 13.1 Å². The fourth-order valence-corrected chi connectivity index (χ4v) is 3.52. The van der Waals surface area contributed by atoms with E-state index in [4.69, 9.17) is 0 Å². The number of rotatable bonds is 6. The molecule has 0 bridgehead atoms. The predicted molar refractivity (Wildman–Crippen MR) is 94.2 cm³/mol. The summed E-state index contributed by atoms with van der Waals surface area (Å²) in [5.74, 6) is 0.231. The Hall–Kier alpha value is -1.69. The molecule has 0 spiro atoms. The molecule has 0 radical (unpaired) electrons. The number of hydrazine groups is 1. The zero-order chi connectivity index (χ0) is 16.1. The van der Waals surface area contributed by atoms with Gasteiger partial charge in [-0.25, -0.2) is 0 Å². The third-order valence-corrected chi connectivity index (χ3v) is 5.08. The van der Waals surface area contributed by atoms with Gasteiger partial charge >= 0.3 is 0 Å². The third-order valence-electron chi connectivity index (χ3n) is 4.22. The number of benzene rings is 1. The van der Waals surface area contributed by atoms with Crippen LogP contribution in [0.4, 0.5) is 0 Å². The minimum atomic E-state index is 0.225. The van der Waals surface area contributed by atoms with Gasteiger partial charge in [-0.05, 0) is 30.4 Å². The third kappa shape index (κ3) is 4.41. The van der Waals surface area contributed by atoms with Crippen molar-refractivity contribution in [3.8, 4) is 0 Å². The topological polar surface area (TPSA) is 44.4 Å². The molecule has 1 aliphatic heterocycles. The van der Waals surface area contributed by atoms with E-state index < -0.39 is 0 Å². The smallest absolute Gasteiger partial charge is 0.223 e. The second kappa shape index (κ2) is 7.73. The van der Waals surface area contributed by atoms with E-state index in [1.165, 1.54) is 16.0 Å². The lowest BCUT2D eigenvalue weighted by Crippen LogP contribution is -2.42. The molecule has 2 aromatic rings. The van der Waals surface area contributed by atoms with Crippen molar-refractivity contribution < 1.29 is 4.79 Å². The lowest BCUT2D eigenvalue weighted by Gasteiger charge is -2.27. The van der Waals surface area contributed by atoms with Crippen molar-refractivity contribution in [2.45, 2.75) is 32.4 Å². The Labute approximate surface area is 141 Å². The largest absolute Gasteiger partial charge is 0.332 e. The van der Waals surface area contributed by atoms with Gasteiger partial charge in [0.25, 0.3) is 0 Å². The van der Waals surface area contributed by atoms with Gasteiger partial charge in [-0.15, -0.1) is 11.3 Å². The van der Waals surface area contributed by atoms with Crippen LogP contribution in [0.2, 0.25) is 0 Å². The molecule has 0 saturated carbocycles. The normalized spacial score (nSPS) is 15.0. The zero-order valence-corrected chi connectivity index (χ0v) is 14.2. The Morgan fingerprint density at radius 3 is 2.61 bits per heavy atom. The van der Waals surface area contributed by atoms with Crippen LogP contribution >= 0.6 is 11.3 Å². The molecule has 1 aromatic carbocycles. The zero-order valence-electron chi connectivity index (χ0n) is 13.4. The number of thiophene rings is 1. The number of amides is 1.